The molecule has 0 aliphatic carbocycles. The van der Waals surface area contributed by atoms with E-state index in [-0.39, 0.29) is 11.5 Å². The zero-order valence-corrected chi connectivity index (χ0v) is 12.6. The summed E-state index contributed by atoms with van der Waals surface area (Å²) in [5, 5.41) is 23.5. The molecule has 5 nitrogen and oxygen atoms in total. The average molecular weight is 323 g/mol. The molecular weight excluding hydrogens is 312 g/mol. The Kier molecular flexibility index (Phi) is 5.35. The molecule has 0 aliphatic rings. The molecule has 0 aromatic heterocycles. The van der Waals surface area contributed by atoms with Crippen LogP contribution in [0.15, 0.2) is 60.3 Å². The highest BCUT2D eigenvalue weighted by molar-refractivity contribution is 6.30. The van der Waals surface area contributed by atoms with Crippen LogP contribution < -0.4 is 10.6 Å². The van der Waals surface area contributed by atoms with Crippen LogP contribution in [0.5, 0.6) is 0 Å². The summed E-state index contributed by atoms with van der Waals surface area (Å²) in [6.45, 7) is 0. The van der Waals surface area contributed by atoms with Gasteiger partial charge in [0.1, 0.15) is 17.7 Å². The number of benzene rings is 2. The molecule has 6 heteroatoms. The number of anilines is 2. The maximum atomic E-state index is 12.1. The van der Waals surface area contributed by atoms with Gasteiger partial charge in [0.15, 0.2) is 0 Å². The van der Waals surface area contributed by atoms with Crippen LogP contribution >= 0.6 is 11.6 Å². The number of carbonyl (C=O) groups is 1. The molecule has 2 N–H and O–H groups in total. The first-order valence-electron chi connectivity index (χ1n) is 6.56. The van der Waals surface area contributed by atoms with Gasteiger partial charge in [0.2, 0.25) is 0 Å². The third-order valence-corrected chi connectivity index (χ3v) is 3.10. The summed E-state index contributed by atoms with van der Waals surface area (Å²) in [5.74, 6) is -0.260. The van der Waals surface area contributed by atoms with Crippen molar-refractivity contribution >= 4 is 28.9 Å². The van der Waals surface area contributed by atoms with Crippen LogP contribution in [0.25, 0.3) is 0 Å². The quantitative estimate of drug-likeness (QED) is 0.834. The van der Waals surface area contributed by atoms with E-state index in [0.717, 1.165) is 0 Å². The van der Waals surface area contributed by atoms with Gasteiger partial charge in [-0.25, -0.2) is 0 Å². The molecule has 0 bridgehead atoms. The number of nitrogens with one attached hydrogen (secondary N) is 2. The number of hydrogen-bond donors (Lipinski definition) is 2. The van der Waals surface area contributed by atoms with Crippen molar-refractivity contribution in [3.05, 3.63) is 70.9 Å². The molecule has 0 fully saturated rings. The van der Waals surface area contributed by atoms with E-state index in [4.69, 9.17) is 22.1 Å². The molecule has 2 rings (SSSR count). The molecular formula is C17H11ClN4O. The number of amides is 1. The smallest absolute Gasteiger partial charge is 0.255 e. The van der Waals surface area contributed by atoms with Crippen LogP contribution in [-0.2, 0) is 0 Å². The topological polar surface area (TPSA) is 88.7 Å². The summed E-state index contributed by atoms with van der Waals surface area (Å²) in [5.41, 5.74) is 1.67. The Bertz CT molecular complexity index is 813. The number of allylic oxidation sites excluding steroid dienone is 1. The van der Waals surface area contributed by atoms with Crippen molar-refractivity contribution < 1.29 is 4.79 Å². The van der Waals surface area contributed by atoms with E-state index in [9.17, 15) is 4.79 Å². The van der Waals surface area contributed by atoms with E-state index >= 15 is 0 Å². The number of rotatable bonds is 4. The molecule has 0 spiro atoms. The lowest BCUT2D eigenvalue weighted by Gasteiger charge is -2.07. The molecule has 2 aromatic carbocycles. The largest absolute Gasteiger partial charge is 0.360 e. The first kappa shape index (κ1) is 16.1. The van der Waals surface area contributed by atoms with E-state index in [0.29, 0.717) is 22.0 Å². The molecule has 0 atom stereocenters. The molecule has 112 valence electrons. The molecule has 1 amide bonds. The highest BCUT2D eigenvalue weighted by Gasteiger charge is 2.06. The fraction of sp³-hybridized carbons (Fsp3) is 0. The van der Waals surface area contributed by atoms with Crippen LogP contribution in [-0.4, -0.2) is 5.91 Å². The standard InChI is InChI=1S/C17H11ClN4O/c18-14-6-4-13(5-7-14)17(23)22-16-3-1-2-15(8-16)21-11-12(9-19)10-20/h1-8,11,21H,(H,22,23). The Morgan fingerprint density at radius 2 is 1.70 bits per heavy atom. The van der Waals surface area contributed by atoms with Gasteiger partial charge >= 0.3 is 0 Å². The van der Waals surface area contributed by atoms with E-state index in [2.05, 4.69) is 10.6 Å². The van der Waals surface area contributed by atoms with Gasteiger partial charge in [-0.2, -0.15) is 10.5 Å². The maximum Gasteiger partial charge on any atom is 0.255 e. The molecule has 0 aliphatic heterocycles. The Labute approximate surface area is 138 Å². The van der Waals surface area contributed by atoms with Crippen molar-refractivity contribution in [3.63, 3.8) is 0 Å². The van der Waals surface area contributed by atoms with Gasteiger partial charge in [0.25, 0.3) is 5.91 Å². The zero-order valence-electron chi connectivity index (χ0n) is 11.9. The first-order chi connectivity index (χ1) is 11.1. The van der Waals surface area contributed by atoms with Crippen molar-refractivity contribution in [2.45, 2.75) is 0 Å². The normalized spacial score (nSPS) is 9.17. The predicted octanol–water partition coefficient (Wildman–Crippen LogP) is 3.94. The molecule has 0 unspecified atom stereocenters. The second-order valence-electron chi connectivity index (χ2n) is 4.47. The average Bonchev–Trinajstić information content (AvgIpc) is 2.56. The lowest BCUT2D eigenvalue weighted by Crippen LogP contribution is -2.11. The van der Waals surface area contributed by atoms with Crippen LogP contribution in [0.2, 0.25) is 5.02 Å². The van der Waals surface area contributed by atoms with Crippen LogP contribution in [0, 0.1) is 22.7 Å². The van der Waals surface area contributed by atoms with E-state index in [1.165, 1.54) is 6.20 Å². The molecule has 0 saturated carbocycles. The summed E-state index contributed by atoms with van der Waals surface area (Å²) in [7, 11) is 0. The molecule has 2 aromatic rings. The minimum atomic E-state index is -0.260. The number of nitrogens with zero attached hydrogens (tertiary/aromatic N) is 2. The van der Waals surface area contributed by atoms with Crippen LogP contribution in [0.4, 0.5) is 11.4 Å². The van der Waals surface area contributed by atoms with Crippen LogP contribution in [0.3, 0.4) is 0 Å². The number of carbonyl (C=O) groups excluding carboxylic acids is 1. The van der Waals surface area contributed by atoms with Crippen molar-refractivity contribution in [2.75, 3.05) is 10.6 Å². The Balaban J connectivity index is 2.10. The summed E-state index contributed by atoms with van der Waals surface area (Å²) >= 11 is 5.79. The van der Waals surface area contributed by atoms with Crippen LogP contribution in [0.1, 0.15) is 10.4 Å². The van der Waals surface area contributed by atoms with Gasteiger partial charge in [-0.15, -0.1) is 0 Å². The highest BCUT2D eigenvalue weighted by atomic mass is 35.5. The first-order valence-corrected chi connectivity index (χ1v) is 6.94. The van der Waals surface area contributed by atoms with Crippen molar-refractivity contribution in [3.8, 4) is 12.1 Å². The number of hydrogen-bond acceptors (Lipinski definition) is 4. The third kappa shape index (κ3) is 4.60. The molecule has 0 radical (unpaired) electrons. The Hall–Kier alpha value is -3.28. The van der Waals surface area contributed by atoms with Gasteiger partial charge in [-0.05, 0) is 42.5 Å². The Morgan fingerprint density at radius 3 is 2.35 bits per heavy atom. The predicted molar refractivity (Wildman–Crippen MR) is 88.8 cm³/mol. The molecule has 23 heavy (non-hydrogen) atoms. The summed E-state index contributed by atoms with van der Waals surface area (Å²) in [6, 6.07) is 17.0. The second kappa shape index (κ2) is 7.65. The summed E-state index contributed by atoms with van der Waals surface area (Å²) in [6.07, 6.45) is 1.31. The molecule has 0 saturated heterocycles. The Morgan fingerprint density at radius 1 is 1.04 bits per heavy atom. The summed E-state index contributed by atoms with van der Waals surface area (Å²) < 4.78 is 0. The minimum Gasteiger partial charge on any atom is -0.360 e. The fourth-order valence-corrected chi connectivity index (χ4v) is 1.86. The third-order valence-electron chi connectivity index (χ3n) is 2.85. The van der Waals surface area contributed by atoms with Gasteiger partial charge in [0, 0.05) is 28.2 Å². The molecule has 0 heterocycles. The SMILES string of the molecule is N#CC(C#N)=CNc1cccc(NC(=O)c2ccc(Cl)cc2)c1. The van der Waals surface area contributed by atoms with Gasteiger partial charge in [-0.3, -0.25) is 4.79 Å². The van der Waals surface area contributed by atoms with E-state index in [1.54, 1.807) is 60.7 Å². The number of halogens is 1. The maximum absolute atomic E-state index is 12.1. The summed E-state index contributed by atoms with van der Waals surface area (Å²) in [4.78, 5) is 12.1. The van der Waals surface area contributed by atoms with Gasteiger partial charge < -0.3 is 10.6 Å². The van der Waals surface area contributed by atoms with E-state index in [1.807, 2.05) is 0 Å². The highest BCUT2D eigenvalue weighted by Crippen LogP contribution is 2.17. The lowest BCUT2D eigenvalue weighted by molar-refractivity contribution is 0.102. The lowest BCUT2D eigenvalue weighted by atomic mass is 10.2. The van der Waals surface area contributed by atoms with Gasteiger partial charge in [-0.1, -0.05) is 17.7 Å². The van der Waals surface area contributed by atoms with Gasteiger partial charge in [0.05, 0.1) is 0 Å². The van der Waals surface area contributed by atoms with E-state index < -0.39 is 0 Å². The fourth-order valence-electron chi connectivity index (χ4n) is 1.74. The zero-order chi connectivity index (χ0) is 16.7. The number of nitriles is 2. The monoisotopic (exact) mass is 322 g/mol. The van der Waals surface area contributed by atoms with Crippen molar-refractivity contribution in [1.82, 2.24) is 0 Å². The van der Waals surface area contributed by atoms with Crippen molar-refractivity contribution in [2.24, 2.45) is 0 Å². The second-order valence-corrected chi connectivity index (χ2v) is 4.90. The minimum absolute atomic E-state index is 0.0411. The van der Waals surface area contributed by atoms with Crippen molar-refractivity contribution in [1.29, 1.82) is 10.5 Å².